The average molecular weight is 956 g/mol. The normalized spacial score (nSPS) is 45.5. The smallest absolute Gasteiger partial charge is 0.308 e. The highest BCUT2D eigenvalue weighted by Crippen LogP contribution is 2.38. The molecule has 5 rings (SSSR count). The van der Waals surface area contributed by atoms with Crippen molar-refractivity contribution in [2.45, 2.75) is 191 Å². The first-order valence-electron chi connectivity index (χ1n) is 24.0. The van der Waals surface area contributed by atoms with Crippen molar-refractivity contribution in [1.82, 2.24) is 10.2 Å². The van der Waals surface area contributed by atoms with E-state index in [4.69, 9.17) is 42.6 Å². The molecule has 19 heteroatoms. The highest BCUT2D eigenvalue weighted by Gasteiger charge is 2.52. The number of methoxy groups -OCH3 is 2. The maximum atomic E-state index is 14.0. The summed E-state index contributed by atoms with van der Waals surface area (Å²) in [7, 11) is 6.54. The minimum absolute atomic E-state index is 0.0122. The third-order valence-corrected chi connectivity index (χ3v) is 14.2. The van der Waals surface area contributed by atoms with Crippen LogP contribution in [-0.2, 0) is 52.2 Å². The van der Waals surface area contributed by atoms with Gasteiger partial charge in [-0.05, 0) is 73.5 Å². The molecule has 0 aromatic heterocycles. The lowest BCUT2D eigenvalue weighted by Gasteiger charge is -2.50. The zero-order valence-electron chi connectivity index (χ0n) is 41.6. The lowest BCUT2D eigenvalue weighted by atomic mass is 9.79. The highest BCUT2D eigenvalue weighted by atomic mass is 16.7. The van der Waals surface area contributed by atoms with E-state index in [9.17, 15) is 35.1 Å². The molecule has 2 unspecified atom stereocenters. The molecule has 19 nitrogen and oxygen atoms in total. The molecular weight excluding hydrogens is 875 g/mol. The van der Waals surface area contributed by atoms with Gasteiger partial charge in [0.25, 0.3) is 0 Å². The first-order chi connectivity index (χ1) is 31.6. The van der Waals surface area contributed by atoms with Gasteiger partial charge in [-0.25, -0.2) is 0 Å². The predicted octanol–water partition coefficient (Wildman–Crippen LogP) is 1.64. The molecule has 0 saturated carbocycles. The van der Waals surface area contributed by atoms with Gasteiger partial charge in [-0.1, -0.05) is 38.5 Å². The van der Waals surface area contributed by atoms with Gasteiger partial charge in [-0.3, -0.25) is 14.6 Å². The van der Waals surface area contributed by atoms with E-state index in [0.717, 1.165) is 11.4 Å². The number of ether oxygens (including phenoxy) is 9. The van der Waals surface area contributed by atoms with Gasteiger partial charge in [0.05, 0.1) is 67.6 Å². The van der Waals surface area contributed by atoms with Crippen LogP contribution in [0.2, 0.25) is 0 Å². The summed E-state index contributed by atoms with van der Waals surface area (Å²) >= 11 is 0. The Bertz CT molecular complexity index is 1700. The van der Waals surface area contributed by atoms with Gasteiger partial charge < -0.3 is 78.4 Å². The Morgan fingerprint density at radius 2 is 1.57 bits per heavy atom. The fraction of sp³-hybridized carbons (Fsp3) is 0.854. The van der Waals surface area contributed by atoms with Crippen LogP contribution in [0, 0.1) is 23.7 Å². The number of nitrogens with zero attached hydrogens (tertiary/aromatic N) is 2. The van der Waals surface area contributed by atoms with Crippen LogP contribution >= 0.6 is 0 Å². The fourth-order valence-corrected chi connectivity index (χ4v) is 10.2. The van der Waals surface area contributed by atoms with Crippen molar-refractivity contribution < 1.29 is 77.8 Å². The number of cyclic esters (lactones) is 1. The molecule has 0 spiro atoms. The molecule has 3 fully saturated rings. The second-order valence-corrected chi connectivity index (χ2v) is 19.8. The van der Waals surface area contributed by atoms with Crippen LogP contribution in [0.4, 0.5) is 0 Å². The van der Waals surface area contributed by atoms with Gasteiger partial charge in [-0.15, -0.1) is 0 Å². The van der Waals surface area contributed by atoms with Crippen molar-refractivity contribution in [3.63, 3.8) is 0 Å². The highest BCUT2D eigenvalue weighted by molar-refractivity contribution is 5.92. The first-order valence-corrected chi connectivity index (χ1v) is 24.0. The Hall–Kier alpha value is -2.47. The number of aliphatic imine (C=N–C) groups is 1. The average Bonchev–Trinajstić information content (AvgIpc) is 3.79. The summed E-state index contributed by atoms with van der Waals surface area (Å²) in [6.07, 6.45) is -7.89. The number of hydrogen-bond acceptors (Lipinski definition) is 19. The topological polar surface area (TPSA) is 246 Å². The Kier molecular flexibility index (Phi) is 20.3. The van der Waals surface area contributed by atoms with Crippen LogP contribution in [0.3, 0.4) is 0 Å². The van der Waals surface area contributed by atoms with Gasteiger partial charge >= 0.3 is 5.97 Å². The molecular formula is C48H81N3O16. The molecule has 0 aromatic carbocycles. The maximum Gasteiger partial charge on any atom is 0.308 e. The van der Waals surface area contributed by atoms with E-state index in [2.05, 4.69) is 10.3 Å². The van der Waals surface area contributed by atoms with Crippen molar-refractivity contribution in [3.05, 3.63) is 23.8 Å². The number of allylic oxidation sites excluding steroid dienone is 3. The van der Waals surface area contributed by atoms with Gasteiger partial charge in [0.2, 0.25) is 0 Å². The molecule has 0 aromatic rings. The summed E-state index contributed by atoms with van der Waals surface area (Å²) in [5.74, 6) is -2.35. The number of nitrogens with one attached hydrogen (secondary N) is 1. The van der Waals surface area contributed by atoms with Crippen LogP contribution in [0.1, 0.15) is 87.5 Å². The number of carbonyl (C=O) groups excluding carboxylic acids is 2. The lowest BCUT2D eigenvalue weighted by Crippen LogP contribution is -2.65. The van der Waals surface area contributed by atoms with Gasteiger partial charge in [0.1, 0.15) is 42.7 Å². The van der Waals surface area contributed by atoms with E-state index in [1.165, 1.54) is 27.2 Å². The SMILES string of the molecule is CCC1OC(=O)C[C@@H](O)[C@H](C)C(O[C@@H]2O[C@H](C)[C@@H](O[C@H]3C[C@@](C)(O)[C@@H](O)[C@H](C)O3)[C@H](N(C)C)[C@H]2O)[C@@H](CC2=NCCN2)C[C@@H](C)C(=O)/C=C\C(C)=C\[C@@H]1CO[C@@H]1O[C@H](C)[C@@H](O)[C@@H](OC)[C@H]1OC. The quantitative estimate of drug-likeness (QED) is 0.144. The summed E-state index contributed by atoms with van der Waals surface area (Å²) in [5, 5.41) is 59.7. The largest absolute Gasteiger partial charge is 0.462 e. The number of aliphatic hydroxyl groups is 5. The summed E-state index contributed by atoms with van der Waals surface area (Å²) in [4.78, 5) is 34.4. The van der Waals surface area contributed by atoms with E-state index >= 15 is 0 Å². The Balaban J connectivity index is 1.44. The van der Waals surface area contributed by atoms with Crippen LogP contribution < -0.4 is 5.32 Å². The van der Waals surface area contributed by atoms with Gasteiger partial charge in [-0.2, -0.15) is 0 Å². The molecule has 0 radical (unpaired) electrons. The summed E-state index contributed by atoms with van der Waals surface area (Å²) in [5.41, 5.74) is -0.754. The number of carbonyl (C=O) groups is 2. The molecule has 5 aliphatic rings. The number of aliphatic hydroxyl groups excluding tert-OH is 4. The molecule has 384 valence electrons. The molecule has 21 atom stereocenters. The summed E-state index contributed by atoms with van der Waals surface area (Å²) in [6, 6.07) is -0.712. The predicted molar refractivity (Wildman–Crippen MR) is 245 cm³/mol. The number of amidine groups is 1. The zero-order chi connectivity index (χ0) is 49.5. The van der Waals surface area contributed by atoms with Crippen LogP contribution in [0.15, 0.2) is 28.8 Å². The monoisotopic (exact) mass is 956 g/mol. The molecule has 5 heterocycles. The van der Waals surface area contributed by atoms with Crippen molar-refractivity contribution in [3.8, 4) is 0 Å². The summed E-state index contributed by atoms with van der Waals surface area (Å²) < 4.78 is 55.4. The molecule has 6 N–H and O–H groups in total. The summed E-state index contributed by atoms with van der Waals surface area (Å²) in [6.45, 7) is 15.2. The van der Waals surface area contributed by atoms with Crippen molar-refractivity contribution in [2.24, 2.45) is 28.7 Å². The fourth-order valence-electron chi connectivity index (χ4n) is 10.2. The first kappa shape index (κ1) is 55.5. The number of hydrogen-bond donors (Lipinski definition) is 6. The molecule has 0 amide bonds. The van der Waals surface area contributed by atoms with Crippen molar-refractivity contribution in [1.29, 1.82) is 0 Å². The van der Waals surface area contributed by atoms with Crippen molar-refractivity contribution >= 4 is 17.6 Å². The third-order valence-electron chi connectivity index (χ3n) is 14.2. The van der Waals surface area contributed by atoms with Crippen LogP contribution in [0.25, 0.3) is 0 Å². The molecule has 5 aliphatic heterocycles. The molecule has 3 saturated heterocycles. The second kappa shape index (κ2) is 24.6. The van der Waals surface area contributed by atoms with E-state index < -0.39 is 140 Å². The molecule has 0 bridgehead atoms. The number of likely N-dealkylation sites (N-methyl/N-ethyl adjacent to an activating group) is 1. The zero-order valence-corrected chi connectivity index (χ0v) is 41.6. The Morgan fingerprint density at radius 1 is 0.881 bits per heavy atom. The molecule has 0 aliphatic carbocycles. The standard InChI is InChI=1S/C48H81N3O16/c1-13-34-31(23-61-47-44(60-12)43(59-11)39(55)27(5)63-47)18-24(2)14-15-32(52)25(3)19-30(20-35-49-16-17-50-35)41(26(4)33(53)21-36(54)65-34)67-46-40(56)38(51(9)10)42(28(6)64-46)66-37-22-48(8,58)45(57)29(7)62-37/h14-15,18,25-31,33-34,37-47,53,55-58H,13,16-17,19-23H2,1-12H3,(H,49,50)/b15-14-,24-18+/t25-,26+,27-,28-,29+,30-,31-,33-,34?,37+,38-,39-,40-,41?,42-,43-,44-,45+,46+,47-,48-/m1/s1. The Morgan fingerprint density at radius 3 is 2.18 bits per heavy atom. The number of ketones is 1. The number of rotatable bonds is 13. The van der Waals surface area contributed by atoms with Gasteiger partial charge in [0.15, 0.2) is 24.7 Å². The van der Waals surface area contributed by atoms with Crippen LogP contribution in [0.5, 0.6) is 0 Å². The van der Waals surface area contributed by atoms with Crippen LogP contribution in [-0.4, -0.2) is 200 Å². The maximum absolute atomic E-state index is 14.0. The number of esters is 1. The molecule has 67 heavy (non-hydrogen) atoms. The van der Waals surface area contributed by atoms with E-state index in [1.807, 2.05) is 26.8 Å². The van der Waals surface area contributed by atoms with Crippen molar-refractivity contribution in [2.75, 3.05) is 48.0 Å². The minimum Gasteiger partial charge on any atom is -0.462 e. The van der Waals surface area contributed by atoms with E-state index in [1.54, 1.807) is 52.8 Å². The minimum atomic E-state index is -1.48. The third kappa shape index (κ3) is 13.9. The lowest BCUT2D eigenvalue weighted by molar-refractivity contribution is -0.341. The Labute approximate surface area is 396 Å². The second-order valence-electron chi connectivity index (χ2n) is 19.8. The van der Waals surface area contributed by atoms with Gasteiger partial charge in [0, 0.05) is 51.4 Å². The van der Waals surface area contributed by atoms with E-state index in [-0.39, 0.29) is 18.8 Å². The van der Waals surface area contributed by atoms with E-state index in [0.29, 0.717) is 32.4 Å².